The molecule has 0 saturated heterocycles. The van der Waals surface area contributed by atoms with E-state index in [-0.39, 0.29) is 0 Å². The standard InChI is InChI=1S/C18H33N3/c1-13(2)7-9-21(10-8-14(3)4)18-17(12-19)15(5)11-16(6)20-18/h11,13-14H,7-10,12,19H2,1-6H3. The van der Waals surface area contributed by atoms with Crippen LogP contribution in [0.2, 0.25) is 0 Å². The third kappa shape index (κ3) is 5.66. The zero-order valence-electron chi connectivity index (χ0n) is 14.7. The summed E-state index contributed by atoms with van der Waals surface area (Å²) in [6.07, 6.45) is 2.38. The highest BCUT2D eigenvalue weighted by Gasteiger charge is 2.15. The fraction of sp³-hybridized carbons (Fsp3) is 0.722. The Balaban J connectivity index is 3.05. The minimum absolute atomic E-state index is 0.564. The van der Waals surface area contributed by atoms with Crippen molar-refractivity contribution in [1.82, 2.24) is 4.98 Å². The number of hydrogen-bond donors (Lipinski definition) is 1. The molecule has 1 heterocycles. The van der Waals surface area contributed by atoms with Crippen molar-refractivity contribution in [3.8, 4) is 0 Å². The average molecular weight is 291 g/mol. The van der Waals surface area contributed by atoms with Gasteiger partial charge in [-0.25, -0.2) is 4.98 Å². The quantitative estimate of drug-likeness (QED) is 0.785. The summed E-state index contributed by atoms with van der Waals surface area (Å²) in [7, 11) is 0. The van der Waals surface area contributed by atoms with E-state index >= 15 is 0 Å². The lowest BCUT2D eigenvalue weighted by Crippen LogP contribution is -2.30. The summed E-state index contributed by atoms with van der Waals surface area (Å²) in [4.78, 5) is 7.25. The van der Waals surface area contributed by atoms with Gasteiger partial charge in [0, 0.05) is 30.9 Å². The monoisotopic (exact) mass is 291 g/mol. The predicted molar refractivity (Wildman–Crippen MR) is 92.7 cm³/mol. The zero-order valence-corrected chi connectivity index (χ0v) is 14.7. The molecule has 0 aliphatic rings. The van der Waals surface area contributed by atoms with Crippen LogP contribution in [0.3, 0.4) is 0 Å². The number of pyridine rings is 1. The molecule has 0 bridgehead atoms. The lowest BCUT2D eigenvalue weighted by molar-refractivity contribution is 0.531. The van der Waals surface area contributed by atoms with Crippen molar-refractivity contribution in [3.63, 3.8) is 0 Å². The molecular formula is C18H33N3. The Labute approximate surface area is 130 Å². The normalized spacial score (nSPS) is 11.5. The number of rotatable bonds is 8. The minimum atomic E-state index is 0.564. The summed E-state index contributed by atoms with van der Waals surface area (Å²) >= 11 is 0. The molecule has 0 aliphatic carbocycles. The van der Waals surface area contributed by atoms with Crippen molar-refractivity contribution in [2.45, 2.75) is 60.9 Å². The summed E-state index contributed by atoms with van der Waals surface area (Å²) < 4.78 is 0. The molecule has 120 valence electrons. The zero-order chi connectivity index (χ0) is 16.0. The number of aryl methyl sites for hydroxylation is 2. The molecule has 3 heteroatoms. The van der Waals surface area contributed by atoms with Crippen LogP contribution in [0.1, 0.15) is 57.4 Å². The van der Waals surface area contributed by atoms with Crippen LogP contribution < -0.4 is 10.6 Å². The second-order valence-electron chi connectivity index (χ2n) is 6.94. The van der Waals surface area contributed by atoms with Crippen LogP contribution >= 0.6 is 0 Å². The van der Waals surface area contributed by atoms with Gasteiger partial charge < -0.3 is 10.6 Å². The van der Waals surface area contributed by atoms with E-state index in [1.54, 1.807) is 0 Å². The van der Waals surface area contributed by atoms with Gasteiger partial charge >= 0.3 is 0 Å². The van der Waals surface area contributed by atoms with E-state index < -0.39 is 0 Å². The van der Waals surface area contributed by atoms with E-state index in [1.807, 2.05) is 0 Å². The minimum Gasteiger partial charge on any atom is -0.356 e. The first-order valence-corrected chi connectivity index (χ1v) is 8.27. The Morgan fingerprint density at radius 2 is 1.57 bits per heavy atom. The van der Waals surface area contributed by atoms with Gasteiger partial charge in [-0.05, 0) is 50.2 Å². The average Bonchev–Trinajstić information content (AvgIpc) is 2.37. The molecule has 0 spiro atoms. The topological polar surface area (TPSA) is 42.1 Å². The van der Waals surface area contributed by atoms with Crippen molar-refractivity contribution < 1.29 is 0 Å². The predicted octanol–water partition coefficient (Wildman–Crippen LogP) is 4.06. The van der Waals surface area contributed by atoms with Gasteiger partial charge in [0.1, 0.15) is 5.82 Å². The largest absolute Gasteiger partial charge is 0.356 e. The third-order valence-corrected chi connectivity index (χ3v) is 3.91. The summed E-state index contributed by atoms with van der Waals surface area (Å²) in [5, 5.41) is 0. The number of nitrogens with zero attached hydrogens (tertiary/aromatic N) is 2. The maximum absolute atomic E-state index is 5.98. The van der Waals surface area contributed by atoms with Crippen LogP contribution in [-0.2, 0) is 6.54 Å². The summed E-state index contributed by atoms with van der Waals surface area (Å²) in [6, 6.07) is 2.13. The second kappa shape index (κ2) is 8.38. The van der Waals surface area contributed by atoms with E-state index in [4.69, 9.17) is 10.7 Å². The maximum atomic E-state index is 5.98. The molecular weight excluding hydrogens is 258 g/mol. The van der Waals surface area contributed by atoms with E-state index in [0.717, 1.165) is 24.6 Å². The molecule has 0 aliphatic heterocycles. The maximum Gasteiger partial charge on any atom is 0.133 e. The molecule has 0 fully saturated rings. The Hall–Kier alpha value is -1.09. The summed E-state index contributed by atoms with van der Waals surface area (Å²) in [5.41, 5.74) is 9.53. The lowest BCUT2D eigenvalue weighted by atomic mass is 10.1. The van der Waals surface area contributed by atoms with Crippen LogP contribution in [0, 0.1) is 25.7 Å². The van der Waals surface area contributed by atoms with Crippen LogP contribution in [0.4, 0.5) is 5.82 Å². The first kappa shape index (κ1) is 18.0. The van der Waals surface area contributed by atoms with Crippen molar-refractivity contribution in [1.29, 1.82) is 0 Å². The fourth-order valence-electron chi connectivity index (χ4n) is 2.51. The van der Waals surface area contributed by atoms with Crippen LogP contribution in [0.15, 0.2) is 6.07 Å². The van der Waals surface area contributed by atoms with Gasteiger partial charge in [0.05, 0.1) is 0 Å². The Morgan fingerprint density at radius 3 is 2.00 bits per heavy atom. The molecule has 0 radical (unpaired) electrons. The van der Waals surface area contributed by atoms with Gasteiger partial charge in [0.2, 0.25) is 0 Å². The van der Waals surface area contributed by atoms with Gasteiger partial charge in [-0.1, -0.05) is 27.7 Å². The highest BCUT2D eigenvalue weighted by atomic mass is 15.2. The van der Waals surface area contributed by atoms with Gasteiger partial charge in [-0.3, -0.25) is 0 Å². The van der Waals surface area contributed by atoms with Gasteiger partial charge in [-0.2, -0.15) is 0 Å². The molecule has 1 aromatic heterocycles. The van der Waals surface area contributed by atoms with E-state index in [2.05, 4.69) is 52.5 Å². The van der Waals surface area contributed by atoms with Crippen LogP contribution in [0.5, 0.6) is 0 Å². The van der Waals surface area contributed by atoms with Crippen LogP contribution in [-0.4, -0.2) is 18.1 Å². The second-order valence-corrected chi connectivity index (χ2v) is 6.94. The highest BCUT2D eigenvalue weighted by molar-refractivity contribution is 5.51. The Bertz CT molecular complexity index is 426. The molecule has 0 atom stereocenters. The molecule has 1 aromatic rings. The molecule has 0 amide bonds. The Morgan fingerprint density at radius 1 is 1.05 bits per heavy atom. The SMILES string of the molecule is Cc1cc(C)c(CN)c(N(CCC(C)C)CCC(C)C)n1. The number of hydrogen-bond acceptors (Lipinski definition) is 3. The first-order chi connectivity index (χ1) is 9.85. The highest BCUT2D eigenvalue weighted by Crippen LogP contribution is 2.24. The summed E-state index contributed by atoms with van der Waals surface area (Å²) in [6.45, 7) is 16.0. The Kier molecular flexibility index (Phi) is 7.16. The van der Waals surface area contributed by atoms with E-state index in [9.17, 15) is 0 Å². The number of nitrogens with two attached hydrogens (primary N) is 1. The fourth-order valence-corrected chi connectivity index (χ4v) is 2.51. The number of anilines is 1. The van der Waals surface area contributed by atoms with Gasteiger partial charge in [0.25, 0.3) is 0 Å². The van der Waals surface area contributed by atoms with Crippen molar-refractivity contribution in [2.75, 3.05) is 18.0 Å². The smallest absolute Gasteiger partial charge is 0.133 e. The third-order valence-electron chi connectivity index (χ3n) is 3.91. The van der Waals surface area contributed by atoms with Gasteiger partial charge in [0.15, 0.2) is 0 Å². The molecule has 3 nitrogen and oxygen atoms in total. The first-order valence-electron chi connectivity index (χ1n) is 8.27. The molecule has 21 heavy (non-hydrogen) atoms. The van der Waals surface area contributed by atoms with Crippen LogP contribution in [0.25, 0.3) is 0 Å². The van der Waals surface area contributed by atoms with Crippen molar-refractivity contribution in [2.24, 2.45) is 17.6 Å². The van der Waals surface area contributed by atoms with E-state index in [1.165, 1.54) is 24.0 Å². The lowest BCUT2D eigenvalue weighted by Gasteiger charge is -2.28. The van der Waals surface area contributed by atoms with Crippen molar-refractivity contribution >= 4 is 5.82 Å². The molecule has 0 aromatic carbocycles. The molecule has 1 rings (SSSR count). The number of aromatic nitrogens is 1. The van der Waals surface area contributed by atoms with E-state index in [0.29, 0.717) is 18.4 Å². The van der Waals surface area contributed by atoms with Crippen molar-refractivity contribution in [3.05, 3.63) is 22.9 Å². The van der Waals surface area contributed by atoms with Gasteiger partial charge in [-0.15, -0.1) is 0 Å². The molecule has 0 saturated carbocycles. The molecule has 2 N–H and O–H groups in total. The summed E-state index contributed by atoms with van der Waals surface area (Å²) in [5.74, 6) is 2.52. The molecule has 0 unspecified atom stereocenters.